The van der Waals surface area contributed by atoms with Gasteiger partial charge in [-0.1, -0.05) is 30.3 Å². The zero-order valence-electron chi connectivity index (χ0n) is 12.2. The van der Waals surface area contributed by atoms with E-state index in [0.29, 0.717) is 12.1 Å². The van der Waals surface area contributed by atoms with E-state index in [1.807, 2.05) is 0 Å². The third kappa shape index (κ3) is 3.18. The Morgan fingerprint density at radius 1 is 1.11 bits per heavy atom. The summed E-state index contributed by atoms with van der Waals surface area (Å²) >= 11 is 0. The first-order chi connectivity index (χ1) is 9.24. The van der Waals surface area contributed by atoms with E-state index in [0.717, 1.165) is 12.0 Å². The molecule has 0 spiro atoms. The Hall–Kier alpha value is -0.860. The monoisotopic (exact) mass is 258 g/mol. The van der Waals surface area contributed by atoms with Crippen LogP contribution in [-0.2, 0) is 0 Å². The first-order valence-electron chi connectivity index (χ1n) is 7.79. The van der Waals surface area contributed by atoms with Crippen molar-refractivity contribution in [2.75, 3.05) is 13.1 Å². The van der Waals surface area contributed by atoms with Crippen molar-refractivity contribution in [3.8, 4) is 0 Å². The Balaban J connectivity index is 1.56. The normalized spacial score (nSPS) is 27.4. The van der Waals surface area contributed by atoms with Gasteiger partial charge in [0.15, 0.2) is 0 Å². The Labute approximate surface area is 117 Å². The summed E-state index contributed by atoms with van der Waals surface area (Å²) in [4.78, 5) is 2.64. The van der Waals surface area contributed by atoms with Crippen LogP contribution in [0.4, 0.5) is 0 Å². The topological polar surface area (TPSA) is 15.3 Å². The van der Waals surface area contributed by atoms with Crippen LogP contribution in [-0.4, -0.2) is 30.1 Å². The summed E-state index contributed by atoms with van der Waals surface area (Å²) < 4.78 is 0. The highest BCUT2D eigenvalue weighted by Gasteiger charge is 2.32. The van der Waals surface area contributed by atoms with Crippen LogP contribution < -0.4 is 5.32 Å². The minimum absolute atomic E-state index is 0.555. The molecule has 19 heavy (non-hydrogen) atoms. The van der Waals surface area contributed by atoms with E-state index in [-0.39, 0.29) is 0 Å². The molecule has 0 radical (unpaired) electrons. The van der Waals surface area contributed by atoms with Crippen LogP contribution in [0.1, 0.15) is 44.7 Å². The molecule has 1 aliphatic carbocycles. The smallest absolute Gasteiger partial charge is 0.0320 e. The molecule has 1 saturated carbocycles. The first kappa shape index (κ1) is 13.1. The highest BCUT2D eigenvalue weighted by molar-refractivity contribution is 5.18. The summed E-state index contributed by atoms with van der Waals surface area (Å²) in [7, 11) is 0. The molecule has 0 aromatic heterocycles. The quantitative estimate of drug-likeness (QED) is 0.872. The second kappa shape index (κ2) is 5.64. The van der Waals surface area contributed by atoms with Crippen molar-refractivity contribution in [2.24, 2.45) is 5.92 Å². The fourth-order valence-corrected chi connectivity index (χ4v) is 3.28. The van der Waals surface area contributed by atoms with Crippen LogP contribution in [0.5, 0.6) is 0 Å². The molecular formula is C17H26N2. The van der Waals surface area contributed by atoms with Gasteiger partial charge in [0.25, 0.3) is 0 Å². The molecule has 2 fully saturated rings. The maximum Gasteiger partial charge on any atom is 0.0320 e. The summed E-state index contributed by atoms with van der Waals surface area (Å²) in [5.74, 6) is 0.826. The minimum atomic E-state index is 0.555. The molecule has 1 aromatic carbocycles. The molecule has 1 aliphatic heterocycles. The van der Waals surface area contributed by atoms with Gasteiger partial charge in [0.05, 0.1) is 0 Å². The van der Waals surface area contributed by atoms with Crippen LogP contribution in [0.3, 0.4) is 0 Å². The van der Waals surface area contributed by atoms with Crippen LogP contribution in [0.2, 0.25) is 0 Å². The SMILES string of the molecule is CC(NC1CC1)[C@@H]1CCN([C@@H](C)c2ccccc2)C1. The van der Waals surface area contributed by atoms with Crippen molar-refractivity contribution < 1.29 is 0 Å². The van der Waals surface area contributed by atoms with E-state index in [4.69, 9.17) is 0 Å². The third-order valence-corrected chi connectivity index (χ3v) is 4.87. The van der Waals surface area contributed by atoms with Crippen molar-refractivity contribution in [1.82, 2.24) is 10.2 Å². The Morgan fingerprint density at radius 3 is 2.53 bits per heavy atom. The number of hydrogen-bond acceptors (Lipinski definition) is 2. The van der Waals surface area contributed by atoms with Crippen molar-refractivity contribution >= 4 is 0 Å². The zero-order chi connectivity index (χ0) is 13.2. The van der Waals surface area contributed by atoms with Crippen LogP contribution in [0.15, 0.2) is 30.3 Å². The van der Waals surface area contributed by atoms with Crippen LogP contribution >= 0.6 is 0 Å². The van der Waals surface area contributed by atoms with Gasteiger partial charge in [-0.15, -0.1) is 0 Å². The van der Waals surface area contributed by atoms with Gasteiger partial charge in [-0.25, -0.2) is 0 Å². The molecule has 1 aromatic rings. The van der Waals surface area contributed by atoms with Gasteiger partial charge in [-0.2, -0.15) is 0 Å². The van der Waals surface area contributed by atoms with Gasteiger partial charge in [-0.05, 0) is 51.1 Å². The van der Waals surface area contributed by atoms with Gasteiger partial charge >= 0.3 is 0 Å². The number of benzene rings is 1. The maximum atomic E-state index is 3.77. The fraction of sp³-hybridized carbons (Fsp3) is 0.647. The summed E-state index contributed by atoms with van der Waals surface area (Å²) in [6.45, 7) is 7.21. The molecule has 1 heterocycles. The molecule has 0 amide bonds. The Morgan fingerprint density at radius 2 is 1.84 bits per heavy atom. The number of hydrogen-bond donors (Lipinski definition) is 1. The lowest BCUT2D eigenvalue weighted by atomic mass is 10.0. The van der Waals surface area contributed by atoms with Crippen LogP contribution in [0.25, 0.3) is 0 Å². The first-order valence-corrected chi connectivity index (χ1v) is 7.79. The average Bonchev–Trinajstić information content (AvgIpc) is 3.11. The number of nitrogens with one attached hydrogen (secondary N) is 1. The van der Waals surface area contributed by atoms with E-state index in [1.165, 1.54) is 37.9 Å². The standard InChI is InChI=1S/C17H26N2/c1-13(18-17-8-9-17)16-10-11-19(12-16)14(2)15-6-4-3-5-7-15/h3-7,13-14,16-18H,8-12H2,1-2H3/t13?,14-,16+/m0/s1. The van der Waals surface area contributed by atoms with Crippen molar-refractivity contribution in [2.45, 2.75) is 51.2 Å². The van der Waals surface area contributed by atoms with E-state index in [1.54, 1.807) is 0 Å². The second-order valence-electron chi connectivity index (χ2n) is 6.36. The molecule has 104 valence electrons. The lowest BCUT2D eigenvalue weighted by molar-refractivity contribution is 0.243. The van der Waals surface area contributed by atoms with Gasteiger partial charge in [0.1, 0.15) is 0 Å². The van der Waals surface area contributed by atoms with Gasteiger partial charge in [0, 0.05) is 24.7 Å². The van der Waals surface area contributed by atoms with Gasteiger partial charge < -0.3 is 5.32 Å². The molecule has 2 nitrogen and oxygen atoms in total. The molecule has 2 aliphatic rings. The Bertz CT molecular complexity index is 399. The molecule has 1 saturated heterocycles. The van der Waals surface area contributed by atoms with E-state index < -0.39 is 0 Å². The summed E-state index contributed by atoms with van der Waals surface area (Å²) in [6.07, 6.45) is 4.13. The maximum absolute atomic E-state index is 3.77. The highest BCUT2D eigenvalue weighted by atomic mass is 15.2. The number of likely N-dealkylation sites (tertiary alicyclic amines) is 1. The molecule has 3 atom stereocenters. The van der Waals surface area contributed by atoms with E-state index >= 15 is 0 Å². The number of rotatable bonds is 5. The third-order valence-electron chi connectivity index (χ3n) is 4.87. The largest absolute Gasteiger partial charge is 0.311 e. The molecular weight excluding hydrogens is 232 g/mol. The predicted molar refractivity (Wildman–Crippen MR) is 80.2 cm³/mol. The molecule has 1 unspecified atom stereocenters. The van der Waals surface area contributed by atoms with Crippen molar-refractivity contribution in [3.63, 3.8) is 0 Å². The molecule has 0 bridgehead atoms. The lowest BCUT2D eigenvalue weighted by Gasteiger charge is -2.26. The van der Waals surface area contributed by atoms with Crippen LogP contribution in [0, 0.1) is 5.92 Å². The van der Waals surface area contributed by atoms with Crippen molar-refractivity contribution in [3.05, 3.63) is 35.9 Å². The Kier molecular flexibility index (Phi) is 3.90. The summed E-state index contributed by atoms with van der Waals surface area (Å²) in [5.41, 5.74) is 1.45. The zero-order valence-corrected chi connectivity index (χ0v) is 12.2. The van der Waals surface area contributed by atoms with Gasteiger partial charge in [0.2, 0.25) is 0 Å². The molecule has 1 N–H and O–H groups in total. The summed E-state index contributed by atoms with van der Waals surface area (Å²) in [5, 5.41) is 3.77. The minimum Gasteiger partial charge on any atom is -0.311 e. The van der Waals surface area contributed by atoms with Gasteiger partial charge in [-0.3, -0.25) is 4.90 Å². The molecule has 3 rings (SSSR count). The summed E-state index contributed by atoms with van der Waals surface area (Å²) in [6, 6.07) is 13.0. The second-order valence-corrected chi connectivity index (χ2v) is 6.36. The number of nitrogens with zero attached hydrogens (tertiary/aromatic N) is 1. The predicted octanol–water partition coefficient (Wildman–Crippen LogP) is 3.21. The molecule has 2 heteroatoms. The van der Waals surface area contributed by atoms with Crippen molar-refractivity contribution in [1.29, 1.82) is 0 Å². The van der Waals surface area contributed by atoms with E-state index in [9.17, 15) is 0 Å². The fourth-order valence-electron chi connectivity index (χ4n) is 3.28. The lowest BCUT2D eigenvalue weighted by Crippen LogP contribution is -2.36. The van der Waals surface area contributed by atoms with E-state index in [2.05, 4.69) is 54.4 Å². The average molecular weight is 258 g/mol. The highest BCUT2D eigenvalue weighted by Crippen LogP contribution is 2.30.